The lowest BCUT2D eigenvalue weighted by Gasteiger charge is -2.56. The number of alkyl halides is 3. The lowest BCUT2D eigenvalue weighted by Crippen LogP contribution is -2.66. The van der Waals surface area contributed by atoms with E-state index in [0.29, 0.717) is 61.9 Å². The summed E-state index contributed by atoms with van der Waals surface area (Å²) in [6, 6.07) is 9.07. The van der Waals surface area contributed by atoms with Crippen LogP contribution in [0, 0.1) is 5.92 Å². The van der Waals surface area contributed by atoms with Gasteiger partial charge in [-0.15, -0.1) is 0 Å². The molecule has 9 nitrogen and oxygen atoms in total. The number of amides is 1. The predicted molar refractivity (Wildman–Crippen MR) is 159 cm³/mol. The van der Waals surface area contributed by atoms with E-state index < -0.39 is 23.0 Å². The van der Waals surface area contributed by atoms with Gasteiger partial charge in [-0.1, -0.05) is 19.4 Å². The largest absolute Gasteiger partial charge is 0.481 e. The smallest absolute Gasteiger partial charge is 0.423 e. The van der Waals surface area contributed by atoms with Gasteiger partial charge in [0.25, 0.3) is 5.91 Å². The van der Waals surface area contributed by atoms with Crippen LogP contribution >= 0.6 is 0 Å². The number of nitrogens with zero attached hydrogens (tertiary/aromatic N) is 6. The number of hydrogen-bond acceptors (Lipinski definition) is 8. The number of methoxy groups -OCH3 is 1. The first-order valence-electron chi connectivity index (χ1n) is 15.1. The molecule has 1 spiro atoms. The first kappa shape index (κ1) is 30.1. The third-order valence-electron chi connectivity index (χ3n) is 9.42. The fourth-order valence-corrected chi connectivity index (χ4v) is 7.26. The van der Waals surface area contributed by atoms with Gasteiger partial charge in [-0.05, 0) is 56.1 Å². The van der Waals surface area contributed by atoms with E-state index in [0.717, 1.165) is 18.7 Å². The van der Waals surface area contributed by atoms with E-state index in [2.05, 4.69) is 21.8 Å². The van der Waals surface area contributed by atoms with Crippen LogP contribution in [0.2, 0.25) is 0 Å². The van der Waals surface area contributed by atoms with Gasteiger partial charge in [-0.2, -0.15) is 13.2 Å². The molecule has 0 radical (unpaired) electrons. The Morgan fingerprint density at radius 3 is 2.50 bits per heavy atom. The fourth-order valence-electron chi connectivity index (χ4n) is 7.26. The maximum absolute atomic E-state index is 14.3. The minimum absolute atomic E-state index is 0.0475. The second-order valence-corrected chi connectivity index (χ2v) is 11.9. The second kappa shape index (κ2) is 11.5. The van der Waals surface area contributed by atoms with Crippen molar-refractivity contribution in [3.8, 4) is 23.0 Å². The van der Waals surface area contributed by atoms with E-state index in [-0.39, 0.29) is 23.6 Å². The molecule has 2 fully saturated rings. The molecule has 0 bridgehead atoms. The SMILES string of the molecule is CCOc1ncccc1-c1ccc2c(n1)C(=O)N(C1CN(C)C1)C[C@]21CCN(c2ccnc(OC)c2C(F)(F)F)C[C@H]1CC. The molecule has 3 aromatic rings. The van der Waals surface area contributed by atoms with Gasteiger partial charge in [0, 0.05) is 50.5 Å². The first-order valence-corrected chi connectivity index (χ1v) is 15.1. The van der Waals surface area contributed by atoms with Crippen LogP contribution in [0.3, 0.4) is 0 Å². The van der Waals surface area contributed by atoms with Crippen molar-refractivity contribution in [2.45, 2.75) is 44.3 Å². The van der Waals surface area contributed by atoms with Crippen LogP contribution < -0.4 is 14.4 Å². The standard InChI is InChI=1S/C32H37F3N6O3/c1-5-20-16-40(25-11-14-37-29(43-4)26(25)32(33,34)35)15-12-31(20)19-41(21-17-39(3)18-21)30(42)27-23(31)9-10-24(38-27)22-8-7-13-36-28(22)44-6-2/h7-11,13-14,20-21H,5-6,12,15-19H2,1-4H3/t20-,31+/m1/s1. The number of carbonyl (C=O) groups is 1. The number of ether oxygens (including phenoxy) is 2. The van der Waals surface area contributed by atoms with E-state index in [1.165, 1.54) is 19.4 Å². The normalized spacial score (nSPS) is 22.6. The molecule has 2 atom stereocenters. The molecule has 44 heavy (non-hydrogen) atoms. The van der Waals surface area contributed by atoms with E-state index in [1.54, 1.807) is 11.1 Å². The number of hydrogen-bond donors (Lipinski definition) is 0. The van der Waals surface area contributed by atoms with Gasteiger partial charge < -0.3 is 24.2 Å². The topological polar surface area (TPSA) is 83.9 Å². The summed E-state index contributed by atoms with van der Waals surface area (Å²) in [6.45, 7) is 7.19. The lowest BCUT2D eigenvalue weighted by molar-refractivity contribution is -0.138. The molecule has 0 saturated carbocycles. The highest BCUT2D eigenvalue weighted by Crippen LogP contribution is 2.50. The second-order valence-electron chi connectivity index (χ2n) is 11.9. The van der Waals surface area contributed by atoms with Crippen molar-refractivity contribution in [2.24, 2.45) is 5.92 Å². The van der Waals surface area contributed by atoms with Crippen LogP contribution in [0.4, 0.5) is 18.9 Å². The summed E-state index contributed by atoms with van der Waals surface area (Å²) in [4.78, 5) is 33.2. The Labute approximate surface area is 255 Å². The summed E-state index contributed by atoms with van der Waals surface area (Å²) in [7, 11) is 3.23. The Balaban J connectivity index is 1.43. The lowest BCUT2D eigenvalue weighted by atomic mass is 9.62. The molecule has 0 aliphatic carbocycles. The third-order valence-corrected chi connectivity index (χ3v) is 9.42. The van der Waals surface area contributed by atoms with Gasteiger partial charge in [0.15, 0.2) is 0 Å². The summed E-state index contributed by atoms with van der Waals surface area (Å²) in [5.74, 6) is -0.140. The summed E-state index contributed by atoms with van der Waals surface area (Å²) in [5.41, 5.74) is 1.31. The quantitative estimate of drug-likeness (QED) is 0.374. The molecule has 12 heteroatoms. The number of anilines is 1. The minimum atomic E-state index is -4.63. The van der Waals surface area contributed by atoms with Gasteiger partial charge in [-0.3, -0.25) is 4.79 Å². The van der Waals surface area contributed by atoms with Crippen LogP contribution in [-0.4, -0.2) is 90.2 Å². The molecule has 3 aliphatic rings. The van der Waals surface area contributed by atoms with E-state index in [1.807, 2.05) is 43.1 Å². The van der Waals surface area contributed by atoms with Crippen LogP contribution in [0.5, 0.6) is 11.8 Å². The van der Waals surface area contributed by atoms with Crippen molar-refractivity contribution in [1.82, 2.24) is 24.8 Å². The summed E-state index contributed by atoms with van der Waals surface area (Å²) in [6.07, 6.45) is -0.339. The van der Waals surface area contributed by atoms with Crippen molar-refractivity contribution in [2.75, 3.05) is 58.4 Å². The zero-order valence-corrected chi connectivity index (χ0v) is 25.4. The number of likely N-dealkylation sites (tertiary alicyclic amines) is 1. The molecule has 2 saturated heterocycles. The van der Waals surface area contributed by atoms with Crippen molar-refractivity contribution >= 4 is 11.6 Å². The highest BCUT2D eigenvalue weighted by molar-refractivity contribution is 5.96. The third kappa shape index (κ3) is 5.02. The molecule has 1 amide bonds. The van der Waals surface area contributed by atoms with Gasteiger partial charge in [0.2, 0.25) is 11.8 Å². The summed E-state index contributed by atoms with van der Waals surface area (Å²) < 4.78 is 53.6. The zero-order valence-electron chi connectivity index (χ0n) is 25.4. The van der Waals surface area contributed by atoms with Crippen LogP contribution in [-0.2, 0) is 11.6 Å². The highest BCUT2D eigenvalue weighted by atomic mass is 19.4. The van der Waals surface area contributed by atoms with Crippen molar-refractivity contribution in [3.63, 3.8) is 0 Å². The average Bonchev–Trinajstić information content (AvgIpc) is 3.01. The first-order chi connectivity index (χ1) is 21.1. The Hall–Kier alpha value is -3.93. The molecular formula is C32H37F3N6O3. The number of pyridine rings is 3. The Morgan fingerprint density at radius 1 is 1.05 bits per heavy atom. The highest BCUT2D eigenvalue weighted by Gasteiger charge is 2.53. The number of halogens is 3. The van der Waals surface area contributed by atoms with Crippen molar-refractivity contribution < 1.29 is 27.4 Å². The molecule has 6 rings (SSSR count). The number of aromatic nitrogens is 3. The van der Waals surface area contributed by atoms with Gasteiger partial charge >= 0.3 is 6.18 Å². The van der Waals surface area contributed by atoms with E-state index >= 15 is 0 Å². The molecule has 3 aromatic heterocycles. The van der Waals surface area contributed by atoms with Gasteiger partial charge in [-0.25, -0.2) is 15.0 Å². The molecule has 0 unspecified atom stereocenters. The molecule has 6 heterocycles. The van der Waals surface area contributed by atoms with Crippen molar-refractivity contribution in [3.05, 3.63) is 59.5 Å². The number of likely N-dealkylation sites (N-methyl/N-ethyl adjacent to an activating group) is 1. The zero-order chi connectivity index (χ0) is 31.2. The number of fused-ring (bicyclic) bond motifs is 2. The van der Waals surface area contributed by atoms with E-state index in [4.69, 9.17) is 14.5 Å². The maximum atomic E-state index is 14.3. The maximum Gasteiger partial charge on any atom is 0.423 e. The number of rotatable bonds is 7. The number of carbonyl (C=O) groups excluding carboxylic acids is 1. The average molecular weight is 611 g/mol. The van der Waals surface area contributed by atoms with Crippen LogP contribution in [0.15, 0.2) is 42.7 Å². The molecule has 234 valence electrons. The molecule has 3 aliphatic heterocycles. The van der Waals surface area contributed by atoms with E-state index in [9.17, 15) is 18.0 Å². The van der Waals surface area contributed by atoms with Gasteiger partial charge in [0.1, 0.15) is 11.3 Å². The predicted octanol–water partition coefficient (Wildman–Crippen LogP) is 4.91. The monoisotopic (exact) mass is 610 g/mol. The van der Waals surface area contributed by atoms with Crippen LogP contribution in [0.25, 0.3) is 11.3 Å². The molecule has 0 N–H and O–H groups in total. The van der Waals surface area contributed by atoms with Crippen molar-refractivity contribution in [1.29, 1.82) is 0 Å². The number of piperidine rings is 1. The molecule has 0 aromatic carbocycles. The molecular weight excluding hydrogens is 573 g/mol. The minimum Gasteiger partial charge on any atom is -0.481 e. The fraction of sp³-hybridized carbons (Fsp3) is 0.500. The Morgan fingerprint density at radius 2 is 1.82 bits per heavy atom. The van der Waals surface area contributed by atoms with Gasteiger partial charge in [0.05, 0.1) is 36.7 Å². The Kier molecular flexibility index (Phi) is 7.89. The summed E-state index contributed by atoms with van der Waals surface area (Å²) in [5, 5.41) is 0. The summed E-state index contributed by atoms with van der Waals surface area (Å²) >= 11 is 0. The Bertz CT molecular complexity index is 1550. The van der Waals surface area contributed by atoms with Crippen LogP contribution in [0.1, 0.15) is 48.3 Å².